The number of esters is 1. The predicted octanol–water partition coefficient (Wildman–Crippen LogP) is 3.73. The van der Waals surface area contributed by atoms with Gasteiger partial charge < -0.3 is 9.30 Å². The van der Waals surface area contributed by atoms with Crippen molar-refractivity contribution < 1.29 is 19.2 Å². The molecule has 0 aliphatic rings. The smallest absolute Gasteiger partial charge is 0.307 e. The van der Waals surface area contributed by atoms with Gasteiger partial charge in [-0.25, -0.2) is 0 Å². The molecule has 3 aromatic rings. The number of hydrogen-bond donors (Lipinski definition) is 0. The largest absolute Gasteiger partial charge is 0.466 e. The average Bonchev–Trinajstić information content (AvgIpc) is 3.05. The van der Waals surface area contributed by atoms with Gasteiger partial charge in [0.15, 0.2) is 5.78 Å². The van der Waals surface area contributed by atoms with Crippen molar-refractivity contribution >= 4 is 28.3 Å². The Morgan fingerprint density at radius 1 is 1.15 bits per heavy atom. The topological polar surface area (TPSA) is 91.4 Å². The summed E-state index contributed by atoms with van der Waals surface area (Å²) in [5.74, 6) is -0.605. The first-order valence-electron chi connectivity index (χ1n) is 8.54. The predicted molar refractivity (Wildman–Crippen MR) is 99.7 cm³/mol. The van der Waals surface area contributed by atoms with E-state index < -0.39 is 4.92 Å². The Bertz CT molecular complexity index is 1020. The van der Waals surface area contributed by atoms with Gasteiger partial charge in [-0.3, -0.25) is 19.7 Å². The molecule has 0 amide bonds. The van der Waals surface area contributed by atoms with Crippen molar-refractivity contribution in [3.05, 3.63) is 76.0 Å². The molecule has 1 aromatic heterocycles. The van der Waals surface area contributed by atoms with Gasteiger partial charge in [-0.15, -0.1) is 0 Å². The van der Waals surface area contributed by atoms with Crippen LogP contribution in [0, 0.1) is 10.1 Å². The molecule has 0 bridgehead atoms. The van der Waals surface area contributed by atoms with Gasteiger partial charge in [-0.05, 0) is 13.0 Å². The van der Waals surface area contributed by atoms with Crippen LogP contribution >= 0.6 is 0 Å². The Balaban J connectivity index is 1.97. The highest BCUT2D eigenvalue weighted by Gasteiger charge is 2.19. The molecule has 1 heterocycles. The van der Waals surface area contributed by atoms with Gasteiger partial charge >= 0.3 is 5.97 Å². The number of nitrogens with zero attached hydrogens (tertiary/aromatic N) is 2. The minimum atomic E-state index is -0.528. The number of carbonyl (C=O) groups is 2. The zero-order chi connectivity index (χ0) is 19.4. The number of fused-ring (bicyclic) bond motifs is 1. The lowest BCUT2D eigenvalue weighted by molar-refractivity contribution is -0.384. The maximum Gasteiger partial charge on any atom is 0.307 e. The summed E-state index contributed by atoms with van der Waals surface area (Å²) < 4.78 is 6.78. The summed E-state index contributed by atoms with van der Waals surface area (Å²) in [5.41, 5.74) is 1.37. The lowest BCUT2D eigenvalue weighted by Gasteiger charge is -2.04. The maximum atomic E-state index is 13.0. The van der Waals surface area contributed by atoms with E-state index in [9.17, 15) is 19.7 Å². The summed E-state index contributed by atoms with van der Waals surface area (Å²) in [6.45, 7) is 2.45. The number of rotatable bonds is 7. The monoisotopic (exact) mass is 366 g/mol. The Hall–Kier alpha value is -3.48. The number of ketones is 1. The third-order valence-electron chi connectivity index (χ3n) is 4.21. The van der Waals surface area contributed by atoms with Crippen molar-refractivity contribution in [1.29, 1.82) is 0 Å². The highest BCUT2D eigenvalue weighted by atomic mass is 16.6. The first-order valence-corrected chi connectivity index (χ1v) is 8.54. The molecule has 138 valence electrons. The normalized spacial score (nSPS) is 10.7. The van der Waals surface area contributed by atoms with E-state index >= 15 is 0 Å². The van der Waals surface area contributed by atoms with E-state index in [1.807, 2.05) is 28.8 Å². The number of nitro groups is 1. The lowest BCUT2D eigenvalue weighted by Crippen LogP contribution is -2.08. The van der Waals surface area contributed by atoms with Crippen molar-refractivity contribution in [2.75, 3.05) is 6.61 Å². The van der Waals surface area contributed by atoms with E-state index in [4.69, 9.17) is 4.74 Å². The Kier molecular flexibility index (Phi) is 5.30. The molecule has 0 saturated carbocycles. The fourth-order valence-electron chi connectivity index (χ4n) is 2.97. The number of aromatic nitrogens is 1. The maximum absolute atomic E-state index is 13.0. The number of aryl methyl sites for hydroxylation is 1. The third kappa shape index (κ3) is 3.87. The highest BCUT2D eigenvalue weighted by Crippen LogP contribution is 2.25. The molecule has 0 atom stereocenters. The van der Waals surface area contributed by atoms with Gasteiger partial charge in [0.2, 0.25) is 0 Å². The molecule has 0 saturated heterocycles. The van der Waals surface area contributed by atoms with E-state index in [0.29, 0.717) is 18.7 Å². The Morgan fingerprint density at radius 3 is 2.67 bits per heavy atom. The van der Waals surface area contributed by atoms with Gasteiger partial charge in [-0.2, -0.15) is 0 Å². The molecule has 0 radical (unpaired) electrons. The number of nitro benzene ring substituents is 1. The summed E-state index contributed by atoms with van der Waals surface area (Å²) in [5, 5.41) is 11.7. The van der Waals surface area contributed by atoms with Gasteiger partial charge in [0, 0.05) is 46.9 Å². The standard InChI is InChI=1S/C20H18N2O5/c1-2-27-19(23)10-11-21-13-17(16-8-3-4-9-18(16)21)20(24)14-6-5-7-15(12-14)22(25)26/h3-9,12-13H,2,10-11H2,1H3. The van der Waals surface area contributed by atoms with Gasteiger partial charge in [-0.1, -0.05) is 30.3 Å². The third-order valence-corrected chi connectivity index (χ3v) is 4.21. The summed E-state index contributed by atoms with van der Waals surface area (Å²) in [4.78, 5) is 35.1. The first-order chi connectivity index (χ1) is 13.0. The van der Waals surface area contributed by atoms with E-state index in [1.54, 1.807) is 19.2 Å². The number of carbonyl (C=O) groups excluding carboxylic acids is 2. The van der Waals surface area contributed by atoms with E-state index in [0.717, 1.165) is 10.9 Å². The molecule has 2 aromatic carbocycles. The molecule has 27 heavy (non-hydrogen) atoms. The summed E-state index contributed by atoms with van der Waals surface area (Å²) in [6.07, 6.45) is 1.88. The van der Waals surface area contributed by atoms with Crippen LogP contribution in [0.15, 0.2) is 54.7 Å². The minimum absolute atomic E-state index is 0.133. The Morgan fingerprint density at radius 2 is 1.93 bits per heavy atom. The average molecular weight is 366 g/mol. The molecule has 0 aliphatic heterocycles. The van der Waals surface area contributed by atoms with Gasteiger partial charge in [0.25, 0.3) is 5.69 Å². The van der Waals surface area contributed by atoms with Gasteiger partial charge in [0.1, 0.15) is 0 Å². The van der Waals surface area contributed by atoms with E-state index in [1.165, 1.54) is 18.2 Å². The van der Waals surface area contributed by atoms with Gasteiger partial charge in [0.05, 0.1) is 18.0 Å². The van der Waals surface area contributed by atoms with Crippen LogP contribution in [0.2, 0.25) is 0 Å². The summed E-state index contributed by atoms with van der Waals surface area (Å²) in [7, 11) is 0. The highest BCUT2D eigenvalue weighted by molar-refractivity contribution is 6.16. The minimum Gasteiger partial charge on any atom is -0.466 e. The summed E-state index contributed by atoms with van der Waals surface area (Å²) in [6, 6.07) is 13.0. The molecule has 0 N–H and O–H groups in total. The molecule has 7 nitrogen and oxygen atoms in total. The fourth-order valence-corrected chi connectivity index (χ4v) is 2.97. The van der Waals surface area contributed by atoms with Crippen molar-refractivity contribution in [3.63, 3.8) is 0 Å². The molecule has 3 rings (SSSR count). The van der Waals surface area contributed by atoms with Crippen molar-refractivity contribution in [2.45, 2.75) is 19.9 Å². The van der Waals surface area contributed by atoms with Crippen molar-refractivity contribution in [1.82, 2.24) is 4.57 Å². The van der Waals surface area contributed by atoms with E-state index in [2.05, 4.69) is 0 Å². The molecular formula is C20H18N2O5. The van der Waals surface area contributed by atoms with Crippen LogP contribution < -0.4 is 0 Å². The molecule has 0 aliphatic carbocycles. The molecular weight excluding hydrogens is 348 g/mol. The molecule has 0 fully saturated rings. The second-order valence-electron chi connectivity index (χ2n) is 5.94. The zero-order valence-electron chi connectivity index (χ0n) is 14.8. The molecule has 0 unspecified atom stereocenters. The second-order valence-corrected chi connectivity index (χ2v) is 5.94. The van der Waals surface area contributed by atoms with Crippen LogP contribution in [0.1, 0.15) is 29.3 Å². The number of non-ortho nitro benzene ring substituents is 1. The number of hydrogen-bond acceptors (Lipinski definition) is 5. The zero-order valence-corrected chi connectivity index (χ0v) is 14.8. The number of benzene rings is 2. The first kappa shape index (κ1) is 18.3. The summed E-state index contributed by atoms with van der Waals surface area (Å²) >= 11 is 0. The second kappa shape index (κ2) is 7.82. The quantitative estimate of drug-likeness (QED) is 0.275. The SMILES string of the molecule is CCOC(=O)CCn1cc(C(=O)c2cccc([N+](=O)[O-])c2)c2ccccc21. The number of ether oxygens (including phenoxy) is 1. The van der Waals surface area contributed by atoms with Crippen LogP contribution in [-0.2, 0) is 16.1 Å². The van der Waals surface area contributed by atoms with E-state index in [-0.39, 0.29) is 29.4 Å². The van der Waals surface area contributed by atoms with Crippen LogP contribution in [0.5, 0.6) is 0 Å². The lowest BCUT2D eigenvalue weighted by atomic mass is 10.0. The number of para-hydroxylation sites is 1. The molecule has 7 heteroatoms. The molecule has 0 spiro atoms. The fraction of sp³-hybridized carbons (Fsp3) is 0.200. The Labute approximate surface area is 155 Å². The van der Waals surface area contributed by atoms with Crippen molar-refractivity contribution in [3.8, 4) is 0 Å². The van der Waals surface area contributed by atoms with Crippen LogP contribution in [0.25, 0.3) is 10.9 Å². The van der Waals surface area contributed by atoms with Crippen LogP contribution in [0.3, 0.4) is 0 Å². The van der Waals surface area contributed by atoms with Crippen molar-refractivity contribution in [2.24, 2.45) is 0 Å². The van der Waals surface area contributed by atoms with Crippen LogP contribution in [-0.4, -0.2) is 27.8 Å². The van der Waals surface area contributed by atoms with Crippen LogP contribution in [0.4, 0.5) is 5.69 Å².